The van der Waals surface area contributed by atoms with Crippen molar-refractivity contribution in [1.82, 2.24) is 0 Å². The lowest BCUT2D eigenvalue weighted by atomic mass is 9.76. The molecule has 12 rings (SSSR count). The number of rotatable bonds is 10. The maximum absolute atomic E-state index is 2.43. The summed E-state index contributed by atoms with van der Waals surface area (Å²) in [7, 11) is 0. The zero-order chi connectivity index (χ0) is 45.2. The van der Waals surface area contributed by atoms with Gasteiger partial charge in [0.15, 0.2) is 0 Å². The molecule has 0 aromatic heterocycles. The van der Waals surface area contributed by atoms with Crippen molar-refractivity contribution < 1.29 is 0 Å². The molecule has 0 aliphatic rings. The van der Waals surface area contributed by atoms with E-state index in [0.717, 1.165) is 34.1 Å². The molecular weight excluding hydrogens is 821 g/mol. The first-order valence-electron chi connectivity index (χ1n) is 23.4. The first-order valence-corrected chi connectivity index (χ1v) is 23.4. The van der Waals surface area contributed by atoms with Crippen molar-refractivity contribution in [2.75, 3.05) is 9.80 Å². The molecule has 0 aliphatic carbocycles. The van der Waals surface area contributed by atoms with Crippen LogP contribution in [0, 0.1) is 0 Å². The number of hydrogen-bond acceptors (Lipinski definition) is 2. The zero-order valence-electron chi connectivity index (χ0n) is 37.5. The Balaban J connectivity index is 1.31. The summed E-state index contributed by atoms with van der Waals surface area (Å²) < 4.78 is 0. The number of fused-ring (bicyclic) bond motifs is 6. The molecule has 2 nitrogen and oxygen atoms in total. The zero-order valence-corrected chi connectivity index (χ0v) is 37.5. The van der Waals surface area contributed by atoms with E-state index in [1.54, 1.807) is 0 Å². The van der Waals surface area contributed by atoms with Crippen molar-refractivity contribution in [3.63, 3.8) is 0 Å². The first-order chi connectivity index (χ1) is 33.8. The van der Waals surface area contributed by atoms with E-state index in [4.69, 9.17) is 0 Å². The molecule has 320 valence electrons. The highest BCUT2D eigenvalue weighted by molar-refractivity contribution is 6.35. The van der Waals surface area contributed by atoms with Gasteiger partial charge in [-0.2, -0.15) is 0 Å². The molecule has 0 fully saturated rings. The highest BCUT2D eigenvalue weighted by atomic mass is 15.1. The molecule has 0 bridgehead atoms. The lowest BCUT2D eigenvalue weighted by molar-refractivity contribution is 1.29. The van der Waals surface area contributed by atoms with E-state index in [9.17, 15) is 0 Å². The van der Waals surface area contributed by atoms with Crippen molar-refractivity contribution in [1.29, 1.82) is 0 Å². The van der Waals surface area contributed by atoms with Gasteiger partial charge in [0.05, 0.1) is 0 Å². The first kappa shape index (κ1) is 40.5. The third kappa shape index (κ3) is 7.26. The van der Waals surface area contributed by atoms with Crippen LogP contribution in [0.15, 0.2) is 279 Å². The van der Waals surface area contributed by atoms with Gasteiger partial charge in [-0.15, -0.1) is 0 Å². The van der Waals surface area contributed by atoms with E-state index < -0.39 is 0 Å². The average molecular weight is 867 g/mol. The standard InChI is InChI=1S/C66H46N2/c1-9-25-47(26-10-1)61-62(48-27-11-2-12-28-48)64(50-31-15-4-16-32-50)66-58-44-42-56(68(53-37-21-7-22-38-53)54-39-23-8-24-40-54)46-60(58)59-45-55(41-43-57(59)65(66)63(61)49-29-13-3-14-30-49)67(51-33-17-5-18-34-51)52-35-19-6-20-36-52/h1-46H. The van der Waals surface area contributed by atoms with E-state index >= 15 is 0 Å². The minimum absolute atomic E-state index is 1.08. The Kier molecular flexibility index (Phi) is 10.6. The molecule has 0 atom stereocenters. The number of anilines is 6. The van der Waals surface area contributed by atoms with Crippen molar-refractivity contribution in [3.05, 3.63) is 279 Å². The van der Waals surface area contributed by atoms with Crippen LogP contribution >= 0.6 is 0 Å². The maximum Gasteiger partial charge on any atom is 0.0468 e. The SMILES string of the molecule is c1ccc(-c2c(-c3ccccc3)c(-c3ccccc3)c3c4ccc(N(c5ccccc5)c5ccccc5)cc4c4cc(N(c5ccccc5)c5ccccc5)ccc4c3c2-c2ccccc2)cc1. The van der Waals surface area contributed by atoms with Crippen molar-refractivity contribution >= 4 is 66.4 Å². The summed E-state index contributed by atoms with van der Waals surface area (Å²) in [5, 5.41) is 7.18. The topological polar surface area (TPSA) is 6.48 Å². The summed E-state index contributed by atoms with van der Waals surface area (Å²) in [6.45, 7) is 0. The molecule has 0 spiro atoms. The Morgan fingerprint density at radius 3 is 0.676 bits per heavy atom. The van der Waals surface area contributed by atoms with Crippen molar-refractivity contribution in [2.45, 2.75) is 0 Å². The smallest absolute Gasteiger partial charge is 0.0468 e. The molecular formula is C66H46N2. The van der Waals surface area contributed by atoms with Crippen LogP contribution in [0.5, 0.6) is 0 Å². The third-order valence-electron chi connectivity index (χ3n) is 13.2. The van der Waals surface area contributed by atoms with Crippen LogP contribution < -0.4 is 9.80 Å². The predicted octanol–water partition coefficient (Wildman–Crippen LogP) is 18.8. The number of para-hydroxylation sites is 4. The van der Waals surface area contributed by atoms with Crippen LogP contribution in [-0.4, -0.2) is 0 Å². The Bertz CT molecular complexity index is 3350. The number of hydrogen-bond donors (Lipinski definition) is 0. The summed E-state index contributed by atoms with van der Waals surface area (Å²) in [5.41, 5.74) is 16.1. The average Bonchev–Trinajstić information content (AvgIpc) is 3.42. The van der Waals surface area contributed by atoms with Gasteiger partial charge in [-0.3, -0.25) is 0 Å². The van der Waals surface area contributed by atoms with Gasteiger partial charge < -0.3 is 9.80 Å². The molecule has 68 heavy (non-hydrogen) atoms. The van der Waals surface area contributed by atoms with Gasteiger partial charge in [-0.05, 0) is 150 Å². The molecule has 0 aliphatic heterocycles. The van der Waals surface area contributed by atoms with Crippen LogP contribution in [0.4, 0.5) is 34.1 Å². The van der Waals surface area contributed by atoms with Crippen molar-refractivity contribution in [2.24, 2.45) is 0 Å². The molecule has 0 N–H and O–H groups in total. The fraction of sp³-hybridized carbons (Fsp3) is 0. The lowest BCUT2D eigenvalue weighted by Gasteiger charge is -2.29. The van der Waals surface area contributed by atoms with Gasteiger partial charge in [-0.1, -0.05) is 206 Å². The number of benzene rings is 12. The summed E-state index contributed by atoms with van der Waals surface area (Å²) in [5.74, 6) is 0. The fourth-order valence-corrected chi connectivity index (χ4v) is 10.3. The lowest BCUT2D eigenvalue weighted by Crippen LogP contribution is -2.10. The van der Waals surface area contributed by atoms with Crippen molar-refractivity contribution in [3.8, 4) is 44.5 Å². The maximum atomic E-state index is 2.43. The predicted molar refractivity (Wildman–Crippen MR) is 290 cm³/mol. The Labute approximate surface area is 397 Å². The summed E-state index contributed by atoms with van der Waals surface area (Å²) in [6, 6.07) is 101. The Morgan fingerprint density at radius 2 is 0.412 bits per heavy atom. The van der Waals surface area contributed by atoms with Gasteiger partial charge in [-0.25, -0.2) is 0 Å². The fourth-order valence-electron chi connectivity index (χ4n) is 10.3. The van der Waals surface area contributed by atoms with E-state index in [1.165, 1.54) is 76.8 Å². The van der Waals surface area contributed by atoms with E-state index in [0.29, 0.717) is 0 Å². The summed E-state index contributed by atoms with van der Waals surface area (Å²) >= 11 is 0. The summed E-state index contributed by atoms with van der Waals surface area (Å²) in [4.78, 5) is 4.75. The molecule has 0 saturated carbocycles. The molecule has 12 aromatic rings. The second-order valence-corrected chi connectivity index (χ2v) is 17.2. The highest BCUT2D eigenvalue weighted by Gasteiger charge is 2.28. The minimum Gasteiger partial charge on any atom is -0.310 e. The second-order valence-electron chi connectivity index (χ2n) is 17.2. The monoisotopic (exact) mass is 866 g/mol. The van der Waals surface area contributed by atoms with E-state index in [1.807, 2.05) is 0 Å². The van der Waals surface area contributed by atoms with E-state index in [2.05, 4.69) is 289 Å². The summed E-state index contributed by atoms with van der Waals surface area (Å²) in [6.07, 6.45) is 0. The third-order valence-corrected chi connectivity index (χ3v) is 13.2. The van der Waals surface area contributed by atoms with Gasteiger partial charge in [0.1, 0.15) is 0 Å². The Hall–Kier alpha value is -8.98. The second kappa shape index (κ2) is 17.8. The Morgan fingerprint density at radius 1 is 0.176 bits per heavy atom. The van der Waals surface area contributed by atoms with Gasteiger partial charge in [0.25, 0.3) is 0 Å². The molecule has 0 heterocycles. The van der Waals surface area contributed by atoms with Crippen LogP contribution in [0.2, 0.25) is 0 Å². The molecule has 0 saturated heterocycles. The van der Waals surface area contributed by atoms with Gasteiger partial charge in [0, 0.05) is 34.1 Å². The number of nitrogens with zero attached hydrogens (tertiary/aromatic N) is 2. The molecule has 0 unspecified atom stereocenters. The van der Waals surface area contributed by atoms with Gasteiger partial charge >= 0.3 is 0 Å². The van der Waals surface area contributed by atoms with Gasteiger partial charge in [0.2, 0.25) is 0 Å². The highest BCUT2D eigenvalue weighted by Crippen LogP contribution is 2.55. The van der Waals surface area contributed by atoms with E-state index in [-0.39, 0.29) is 0 Å². The molecule has 0 radical (unpaired) electrons. The molecule has 0 amide bonds. The minimum atomic E-state index is 1.08. The van der Waals surface area contributed by atoms with Crippen LogP contribution in [0.1, 0.15) is 0 Å². The van der Waals surface area contributed by atoms with Crippen LogP contribution in [0.25, 0.3) is 76.8 Å². The van der Waals surface area contributed by atoms with Crippen LogP contribution in [-0.2, 0) is 0 Å². The quantitative estimate of drug-likeness (QED) is 0.126. The van der Waals surface area contributed by atoms with Crippen LogP contribution in [0.3, 0.4) is 0 Å². The molecule has 12 aromatic carbocycles. The normalized spacial score (nSPS) is 11.2. The largest absolute Gasteiger partial charge is 0.310 e. The molecule has 2 heteroatoms.